The molecule has 5 nitrogen and oxygen atoms in total. The number of rotatable bonds is 3. The van der Waals surface area contributed by atoms with Gasteiger partial charge in [0.1, 0.15) is 0 Å². The van der Waals surface area contributed by atoms with Crippen LogP contribution in [0.4, 0.5) is 0 Å². The van der Waals surface area contributed by atoms with Gasteiger partial charge in [0.25, 0.3) is 0 Å². The molecule has 6 heteroatoms. The van der Waals surface area contributed by atoms with E-state index in [0.717, 1.165) is 19.3 Å². The molecular weight excluding hydrogens is 264 g/mol. The van der Waals surface area contributed by atoms with Crippen molar-refractivity contribution in [3.8, 4) is 0 Å². The molecule has 1 aliphatic heterocycles. The normalized spacial score (nSPS) is 21.2. The summed E-state index contributed by atoms with van der Waals surface area (Å²) in [6, 6.07) is 5.90. The molecule has 19 heavy (non-hydrogen) atoms. The van der Waals surface area contributed by atoms with E-state index >= 15 is 0 Å². The van der Waals surface area contributed by atoms with Crippen LogP contribution in [0.2, 0.25) is 0 Å². The average Bonchev–Trinajstić information content (AvgIpc) is 2.39. The number of sulfonamides is 1. The Morgan fingerprint density at radius 3 is 2.74 bits per heavy atom. The molecule has 0 bridgehead atoms. The van der Waals surface area contributed by atoms with Crippen molar-refractivity contribution in [2.45, 2.75) is 37.1 Å². The third-order valence-electron chi connectivity index (χ3n) is 3.47. The van der Waals surface area contributed by atoms with E-state index in [9.17, 15) is 13.2 Å². The number of nitrogens with zero attached hydrogens (tertiary/aromatic N) is 1. The number of primary amides is 1. The van der Waals surface area contributed by atoms with Gasteiger partial charge in [0.2, 0.25) is 15.9 Å². The van der Waals surface area contributed by atoms with Crippen molar-refractivity contribution in [2.24, 2.45) is 5.73 Å². The molecule has 104 valence electrons. The zero-order chi connectivity index (χ0) is 14.0. The number of piperidine rings is 1. The molecule has 2 N–H and O–H groups in total. The number of carbonyl (C=O) groups is 1. The monoisotopic (exact) mass is 282 g/mol. The lowest BCUT2D eigenvalue weighted by Gasteiger charge is -2.32. The number of amides is 1. The lowest BCUT2D eigenvalue weighted by molar-refractivity contribution is 0.1000. The van der Waals surface area contributed by atoms with E-state index in [1.165, 1.54) is 22.5 Å². The van der Waals surface area contributed by atoms with E-state index in [4.69, 9.17) is 5.73 Å². The molecule has 0 aromatic heterocycles. The zero-order valence-corrected chi connectivity index (χ0v) is 11.7. The first-order chi connectivity index (χ1) is 8.93. The van der Waals surface area contributed by atoms with Gasteiger partial charge in [-0.1, -0.05) is 12.5 Å². The quantitative estimate of drug-likeness (QED) is 0.908. The smallest absolute Gasteiger partial charge is 0.248 e. The fraction of sp³-hybridized carbons (Fsp3) is 0.462. The molecule has 2 rings (SSSR count). The minimum absolute atomic E-state index is 0.00372. The molecule has 1 aliphatic rings. The van der Waals surface area contributed by atoms with Gasteiger partial charge in [0.05, 0.1) is 4.90 Å². The standard InChI is InChI=1S/C13H18N2O3S/c1-10-5-2-3-8-15(10)19(17,18)12-7-4-6-11(9-12)13(14)16/h4,6-7,9-10H,2-3,5,8H2,1H3,(H2,14,16). The molecule has 1 amide bonds. The van der Waals surface area contributed by atoms with Gasteiger partial charge in [0, 0.05) is 18.2 Å². The van der Waals surface area contributed by atoms with Crippen molar-refractivity contribution >= 4 is 15.9 Å². The molecule has 1 aromatic rings. The SMILES string of the molecule is CC1CCCCN1S(=O)(=O)c1cccc(C(N)=O)c1. The highest BCUT2D eigenvalue weighted by Gasteiger charge is 2.31. The molecule has 1 aromatic carbocycles. The summed E-state index contributed by atoms with van der Waals surface area (Å²) >= 11 is 0. The van der Waals surface area contributed by atoms with Gasteiger partial charge in [0.15, 0.2) is 0 Å². The first-order valence-electron chi connectivity index (χ1n) is 6.34. The third-order valence-corrected chi connectivity index (χ3v) is 5.48. The fourth-order valence-electron chi connectivity index (χ4n) is 2.37. The molecule has 1 heterocycles. The minimum Gasteiger partial charge on any atom is -0.366 e. The summed E-state index contributed by atoms with van der Waals surface area (Å²) in [7, 11) is -3.54. The Morgan fingerprint density at radius 2 is 2.11 bits per heavy atom. The van der Waals surface area contributed by atoms with E-state index in [-0.39, 0.29) is 16.5 Å². The number of hydrogen-bond acceptors (Lipinski definition) is 3. The highest BCUT2D eigenvalue weighted by molar-refractivity contribution is 7.89. The Bertz CT molecular complexity index is 583. The van der Waals surface area contributed by atoms with Crippen LogP contribution >= 0.6 is 0 Å². The maximum atomic E-state index is 12.5. The zero-order valence-electron chi connectivity index (χ0n) is 10.9. The van der Waals surface area contributed by atoms with Crippen LogP contribution in [-0.4, -0.2) is 31.2 Å². The van der Waals surface area contributed by atoms with Crippen LogP contribution < -0.4 is 5.73 Å². The van der Waals surface area contributed by atoms with Crippen LogP contribution in [0, 0.1) is 0 Å². The van der Waals surface area contributed by atoms with Crippen LogP contribution in [0.1, 0.15) is 36.5 Å². The average molecular weight is 282 g/mol. The van der Waals surface area contributed by atoms with Crippen molar-refractivity contribution in [3.05, 3.63) is 29.8 Å². The number of hydrogen-bond donors (Lipinski definition) is 1. The van der Waals surface area contributed by atoms with E-state index in [0.29, 0.717) is 6.54 Å². The van der Waals surface area contributed by atoms with Gasteiger partial charge >= 0.3 is 0 Å². The highest BCUT2D eigenvalue weighted by Crippen LogP contribution is 2.25. The number of carbonyl (C=O) groups excluding carboxylic acids is 1. The predicted molar refractivity (Wildman–Crippen MR) is 72.2 cm³/mol. The molecule has 1 atom stereocenters. The molecule has 1 saturated heterocycles. The first-order valence-corrected chi connectivity index (χ1v) is 7.78. The summed E-state index contributed by atoms with van der Waals surface area (Å²) in [5.41, 5.74) is 5.40. The second-order valence-electron chi connectivity index (χ2n) is 4.85. The van der Waals surface area contributed by atoms with E-state index < -0.39 is 15.9 Å². The Kier molecular flexibility index (Phi) is 3.91. The summed E-state index contributed by atoms with van der Waals surface area (Å²) in [6.07, 6.45) is 2.79. The van der Waals surface area contributed by atoms with Gasteiger partial charge < -0.3 is 5.73 Å². The van der Waals surface area contributed by atoms with Gasteiger partial charge in [-0.3, -0.25) is 4.79 Å². The second kappa shape index (κ2) is 5.30. The van der Waals surface area contributed by atoms with Crippen molar-refractivity contribution < 1.29 is 13.2 Å². The minimum atomic E-state index is -3.54. The lowest BCUT2D eigenvalue weighted by atomic mass is 10.1. The van der Waals surface area contributed by atoms with Crippen molar-refractivity contribution in [1.82, 2.24) is 4.31 Å². The van der Waals surface area contributed by atoms with E-state index in [2.05, 4.69) is 0 Å². The summed E-state index contributed by atoms with van der Waals surface area (Å²) in [4.78, 5) is 11.3. The first kappa shape index (κ1) is 14.0. The van der Waals surface area contributed by atoms with Crippen LogP contribution in [0.3, 0.4) is 0 Å². The van der Waals surface area contributed by atoms with Crippen LogP contribution in [0.25, 0.3) is 0 Å². The Morgan fingerprint density at radius 1 is 1.37 bits per heavy atom. The second-order valence-corrected chi connectivity index (χ2v) is 6.74. The third kappa shape index (κ3) is 2.79. The van der Waals surface area contributed by atoms with Crippen LogP contribution in [0.15, 0.2) is 29.2 Å². The van der Waals surface area contributed by atoms with Crippen molar-refractivity contribution in [1.29, 1.82) is 0 Å². The molecule has 0 spiro atoms. The highest BCUT2D eigenvalue weighted by atomic mass is 32.2. The largest absolute Gasteiger partial charge is 0.366 e. The number of nitrogens with two attached hydrogens (primary N) is 1. The van der Waals surface area contributed by atoms with Crippen molar-refractivity contribution in [3.63, 3.8) is 0 Å². The Labute approximate surface area is 113 Å². The van der Waals surface area contributed by atoms with Gasteiger partial charge in [-0.15, -0.1) is 0 Å². The number of benzene rings is 1. The fourth-order valence-corrected chi connectivity index (χ4v) is 4.12. The summed E-state index contributed by atoms with van der Waals surface area (Å²) < 4.78 is 26.6. The predicted octanol–water partition coefficient (Wildman–Crippen LogP) is 1.35. The van der Waals surface area contributed by atoms with Gasteiger partial charge in [-0.25, -0.2) is 8.42 Å². The van der Waals surface area contributed by atoms with E-state index in [1.54, 1.807) is 6.07 Å². The summed E-state index contributed by atoms with van der Waals surface area (Å²) in [5.74, 6) is -0.622. The van der Waals surface area contributed by atoms with Gasteiger partial charge in [-0.2, -0.15) is 4.31 Å². The lowest BCUT2D eigenvalue weighted by Crippen LogP contribution is -2.41. The molecule has 0 aliphatic carbocycles. The van der Waals surface area contributed by atoms with E-state index in [1.807, 2.05) is 6.92 Å². The van der Waals surface area contributed by atoms with Gasteiger partial charge in [-0.05, 0) is 38.0 Å². The Balaban J connectivity index is 2.38. The van der Waals surface area contributed by atoms with Crippen molar-refractivity contribution in [2.75, 3.05) is 6.54 Å². The molecule has 1 unspecified atom stereocenters. The maximum absolute atomic E-state index is 12.5. The summed E-state index contributed by atoms with van der Waals surface area (Å²) in [5, 5.41) is 0. The van der Waals surface area contributed by atoms with Crippen LogP contribution in [-0.2, 0) is 10.0 Å². The van der Waals surface area contributed by atoms with Crippen LogP contribution in [0.5, 0.6) is 0 Å². The molecule has 1 fully saturated rings. The molecule has 0 saturated carbocycles. The maximum Gasteiger partial charge on any atom is 0.248 e. The molecule has 0 radical (unpaired) electrons. The summed E-state index contributed by atoms with van der Waals surface area (Å²) in [6.45, 7) is 2.44. The topological polar surface area (TPSA) is 80.5 Å². The molecular formula is C13H18N2O3S. The Hall–Kier alpha value is -1.40.